The fraction of sp³-hybridized carbons (Fsp3) is 0.267. The van der Waals surface area contributed by atoms with Crippen LogP contribution in [-0.2, 0) is 6.42 Å². The van der Waals surface area contributed by atoms with Gasteiger partial charge in [0.2, 0.25) is 0 Å². The van der Waals surface area contributed by atoms with E-state index in [4.69, 9.17) is 15.9 Å². The van der Waals surface area contributed by atoms with E-state index in [1.807, 2.05) is 25.1 Å². The van der Waals surface area contributed by atoms with Crippen LogP contribution in [0, 0.1) is 12.3 Å². The number of hydrogen-bond acceptors (Lipinski definition) is 3. The van der Waals surface area contributed by atoms with Crippen LogP contribution < -0.4 is 5.32 Å². The van der Waals surface area contributed by atoms with E-state index >= 15 is 0 Å². The van der Waals surface area contributed by atoms with Crippen molar-refractivity contribution in [2.45, 2.75) is 19.4 Å². The Morgan fingerprint density at radius 1 is 1.58 bits per heavy atom. The van der Waals surface area contributed by atoms with Gasteiger partial charge in [0.1, 0.15) is 17.9 Å². The summed E-state index contributed by atoms with van der Waals surface area (Å²) >= 11 is 0. The molecule has 1 heterocycles. The van der Waals surface area contributed by atoms with Gasteiger partial charge in [-0.1, -0.05) is 18.9 Å². The number of benzene rings is 1. The fourth-order valence-corrected chi connectivity index (χ4v) is 1.85. The zero-order valence-electron chi connectivity index (χ0n) is 10.6. The van der Waals surface area contributed by atoms with Gasteiger partial charge in [-0.25, -0.2) is 0 Å². The molecule has 4 nitrogen and oxygen atoms in total. The molecule has 0 aliphatic carbocycles. The number of aliphatic hydroxyl groups is 1. The van der Waals surface area contributed by atoms with Gasteiger partial charge in [-0.15, -0.1) is 6.42 Å². The van der Waals surface area contributed by atoms with E-state index in [2.05, 4.69) is 11.2 Å². The topological polar surface area (TPSA) is 62.5 Å². The van der Waals surface area contributed by atoms with Crippen LogP contribution in [0.3, 0.4) is 0 Å². The third kappa shape index (κ3) is 2.61. The van der Waals surface area contributed by atoms with Crippen molar-refractivity contribution < 1.29 is 14.3 Å². The molecule has 2 N–H and O–H groups in total. The maximum atomic E-state index is 12.1. The molecule has 0 aliphatic rings. The zero-order chi connectivity index (χ0) is 13.8. The summed E-state index contributed by atoms with van der Waals surface area (Å²) < 4.78 is 5.34. The monoisotopic (exact) mass is 257 g/mol. The molecule has 0 saturated carbocycles. The Balaban J connectivity index is 2.34. The molecule has 2 aromatic rings. The number of hydrogen-bond donors (Lipinski definition) is 2. The summed E-state index contributed by atoms with van der Waals surface area (Å²) in [5.41, 5.74) is 2.21. The highest BCUT2D eigenvalue weighted by atomic mass is 16.3. The van der Waals surface area contributed by atoms with Crippen molar-refractivity contribution in [1.29, 1.82) is 0 Å². The summed E-state index contributed by atoms with van der Waals surface area (Å²) in [7, 11) is 0. The summed E-state index contributed by atoms with van der Waals surface area (Å²) in [6.45, 7) is 1.75. The molecule has 98 valence electrons. The largest absolute Gasteiger partial charge is 0.463 e. The summed E-state index contributed by atoms with van der Waals surface area (Å²) in [6, 6.07) is 5.05. The highest BCUT2D eigenvalue weighted by molar-refractivity contribution is 6.06. The molecule has 4 heteroatoms. The van der Waals surface area contributed by atoms with Gasteiger partial charge in [0.05, 0.1) is 12.2 Å². The molecular formula is C15H15NO3. The van der Waals surface area contributed by atoms with E-state index in [0.717, 1.165) is 17.4 Å². The lowest BCUT2D eigenvalue weighted by Crippen LogP contribution is -2.36. The molecule has 1 amide bonds. The minimum atomic E-state index is -0.688. The molecule has 0 unspecified atom stereocenters. The van der Waals surface area contributed by atoms with Gasteiger partial charge in [-0.05, 0) is 24.1 Å². The van der Waals surface area contributed by atoms with Crippen molar-refractivity contribution in [2.75, 3.05) is 6.61 Å². The van der Waals surface area contributed by atoms with Crippen LogP contribution in [0.15, 0.2) is 28.9 Å². The summed E-state index contributed by atoms with van der Waals surface area (Å²) in [5, 5.41) is 12.3. The van der Waals surface area contributed by atoms with Crippen molar-refractivity contribution in [2.24, 2.45) is 0 Å². The summed E-state index contributed by atoms with van der Waals surface area (Å²) in [5.74, 6) is 1.96. The Morgan fingerprint density at radius 3 is 3.00 bits per heavy atom. The van der Waals surface area contributed by atoms with Gasteiger partial charge in [0, 0.05) is 5.39 Å². The molecule has 2 rings (SSSR count). The number of furan rings is 1. The first kappa shape index (κ1) is 13.2. The number of aliphatic hydroxyl groups excluding tert-OH is 1. The van der Waals surface area contributed by atoms with Crippen LogP contribution in [0.5, 0.6) is 0 Å². The Labute approximate surface area is 111 Å². The van der Waals surface area contributed by atoms with Crippen molar-refractivity contribution in [3.63, 3.8) is 0 Å². The number of rotatable bonds is 4. The Hall–Kier alpha value is -2.25. The van der Waals surface area contributed by atoms with Gasteiger partial charge in [0.25, 0.3) is 5.91 Å². The molecular weight excluding hydrogens is 242 g/mol. The average molecular weight is 257 g/mol. The first-order valence-corrected chi connectivity index (χ1v) is 6.07. The predicted octanol–water partition coefficient (Wildman–Crippen LogP) is 1.72. The SMILES string of the molecule is C#C[C@@H](CO)NC(=O)c1coc2ccc(CC)cc12. The Morgan fingerprint density at radius 2 is 2.37 bits per heavy atom. The second-order valence-corrected chi connectivity index (χ2v) is 4.21. The third-order valence-corrected chi connectivity index (χ3v) is 2.98. The Bertz CT molecular complexity index is 636. The van der Waals surface area contributed by atoms with Gasteiger partial charge >= 0.3 is 0 Å². The van der Waals surface area contributed by atoms with Gasteiger partial charge < -0.3 is 14.8 Å². The maximum absolute atomic E-state index is 12.1. The molecule has 0 radical (unpaired) electrons. The van der Waals surface area contributed by atoms with Crippen LogP contribution in [0.2, 0.25) is 0 Å². The van der Waals surface area contributed by atoms with E-state index in [1.165, 1.54) is 6.26 Å². The predicted molar refractivity (Wildman–Crippen MR) is 72.8 cm³/mol. The van der Waals surface area contributed by atoms with Crippen LogP contribution in [0.25, 0.3) is 11.0 Å². The molecule has 1 aromatic carbocycles. The fourth-order valence-electron chi connectivity index (χ4n) is 1.85. The minimum absolute atomic E-state index is 0.293. The first-order chi connectivity index (χ1) is 9.19. The van der Waals surface area contributed by atoms with E-state index in [1.54, 1.807) is 0 Å². The average Bonchev–Trinajstić information content (AvgIpc) is 2.87. The lowest BCUT2D eigenvalue weighted by atomic mass is 10.1. The molecule has 0 aliphatic heterocycles. The summed E-state index contributed by atoms with van der Waals surface area (Å²) in [4.78, 5) is 12.1. The second kappa shape index (κ2) is 5.59. The molecule has 0 bridgehead atoms. The van der Waals surface area contributed by atoms with E-state index in [0.29, 0.717) is 11.1 Å². The minimum Gasteiger partial charge on any atom is -0.463 e. The van der Waals surface area contributed by atoms with Crippen molar-refractivity contribution in [1.82, 2.24) is 5.32 Å². The van der Waals surface area contributed by atoms with Crippen molar-refractivity contribution >= 4 is 16.9 Å². The number of carbonyl (C=O) groups excluding carboxylic acids is 1. The first-order valence-electron chi connectivity index (χ1n) is 6.07. The molecule has 0 fully saturated rings. The summed E-state index contributed by atoms with van der Waals surface area (Å²) in [6.07, 6.45) is 7.48. The number of carbonyl (C=O) groups is 1. The smallest absolute Gasteiger partial charge is 0.256 e. The third-order valence-electron chi connectivity index (χ3n) is 2.98. The van der Waals surface area contributed by atoms with Crippen LogP contribution in [0.1, 0.15) is 22.8 Å². The second-order valence-electron chi connectivity index (χ2n) is 4.21. The molecule has 0 saturated heterocycles. The zero-order valence-corrected chi connectivity index (χ0v) is 10.6. The van der Waals surface area contributed by atoms with Crippen LogP contribution in [0.4, 0.5) is 0 Å². The quantitative estimate of drug-likeness (QED) is 0.820. The maximum Gasteiger partial charge on any atom is 0.256 e. The van der Waals surface area contributed by atoms with Crippen LogP contribution in [-0.4, -0.2) is 23.7 Å². The highest BCUT2D eigenvalue weighted by Gasteiger charge is 2.16. The van der Waals surface area contributed by atoms with Crippen molar-refractivity contribution in [3.8, 4) is 12.3 Å². The lowest BCUT2D eigenvalue weighted by Gasteiger charge is -2.08. The van der Waals surface area contributed by atoms with E-state index in [9.17, 15) is 4.79 Å². The van der Waals surface area contributed by atoms with Gasteiger partial charge in [0.15, 0.2) is 0 Å². The number of nitrogens with one attached hydrogen (secondary N) is 1. The number of terminal acetylenes is 1. The van der Waals surface area contributed by atoms with E-state index in [-0.39, 0.29) is 12.5 Å². The number of amides is 1. The highest BCUT2D eigenvalue weighted by Crippen LogP contribution is 2.22. The molecule has 19 heavy (non-hydrogen) atoms. The van der Waals surface area contributed by atoms with E-state index < -0.39 is 6.04 Å². The molecule has 1 atom stereocenters. The lowest BCUT2D eigenvalue weighted by molar-refractivity contribution is 0.0932. The molecule has 1 aromatic heterocycles. The van der Waals surface area contributed by atoms with Crippen LogP contribution >= 0.6 is 0 Å². The number of fused-ring (bicyclic) bond motifs is 1. The van der Waals surface area contributed by atoms with Gasteiger partial charge in [-0.3, -0.25) is 4.79 Å². The molecule has 0 spiro atoms. The normalized spacial score (nSPS) is 12.1. The van der Waals surface area contributed by atoms with Crippen molar-refractivity contribution in [3.05, 3.63) is 35.6 Å². The standard InChI is InChI=1S/C15H15NO3/c1-3-10-5-6-14-12(7-10)13(9-19-14)15(18)16-11(4-2)8-17/h2,5-7,9,11,17H,3,8H2,1H3,(H,16,18)/t11-/m0/s1. The number of aryl methyl sites for hydroxylation is 1. The Kier molecular flexibility index (Phi) is 3.88. The van der Waals surface area contributed by atoms with Gasteiger partial charge in [-0.2, -0.15) is 0 Å².